The molecule has 0 spiro atoms. The minimum absolute atomic E-state index is 0.0775. The number of ether oxygens (including phenoxy) is 1. The van der Waals surface area contributed by atoms with Crippen LogP contribution < -0.4 is 4.74 Å². The van der Waals surface area contributed by atoms with E-state index in [9.17, 15) is 20.0 Å². The van der Waals surface area contributed by atoms with E-state index >= 15 is 0 Å². The van der Waals surface area contributed by atoms with Crippen LogP contribution in [0.1, 0.15) is 22.8 Å². The SMILES string of the molecule is CC(=O)c1cc([N+](=O)[O-])c(OCc2ccccc2)cc1O. The summed E-state index contributed by atoms with van der Waals surface area (Å²) in [5.41, 5.74) is 0.379. The number of nitro groups is 1. The average molecular weight is 287 g/mol. The molecule has 1 N–H and O–H groups in total. The van der Waals surface area contributed by atoms with E-state index in [1.165, 1.54) is 6.92 Å². The van der Waals surface area contributed by atoms with Gasteiger partial charge in [-0.3, -0.25) is 14.9 Å². The van der Waals surface area contributed by atoms with Gasteiger partial charge in [0.15, 0.2) is 5.78 Å². The number of rotatable bonds is 5. The maximum atomic E-state index is 11.3. The molecule has 0 amide bonds. The molecule has 6 nitrogen and oxygen atoms in total. The maximum absolute atomic E-state index is 11.3. The highest BCUT2D eigenvalue weighted by Gasteiger charge is 2.21. The smallest absolute Gasteiger partial charge is 0.311 e. The van der Waals surface area contributed by atoms with E-state index in [0.717, 1.165) is 17.7 Å². The molecule has 0 fully saturated rings. The minimum Gasteiger partial charge on any atom is -0.507 e. The van der Waals surface area contributed by atoms with Crippen molar-refractivity contribution in [3.05, 3.63) is 63.7 Å². The van der Waals surface area contributed by atoms with Gasteiger partial charge in [-0.25, -0.2) is 0 Å². The lowest BCUT2D eigenvalue weighted by molar-refractivity contribution is -0.386. The van der Waals surface area contributed by atoms with Crippen LogP contribution in [0.2, 0.25) is 0 Å². The van der Waals surface area contributed by atoms with Gasteiger partial charge in [0.1, 0.15) is 12.4 Å². The van der Waals surface area contributed by atoms with Crippen molar-refractivity contribution in [2.45, 2.75) is 13.5 Å². The highest BCUT2D eigenvalue weighted by atomic mass is 16.6. The number of carbonyl (C=O) groups is 1. The summed E-state index contributed by atoms with van der Waals surface area (Å²) in [7, 11) is 0. The summed E-state index contributed by atoms with van der Waals surface area (Å²) in [4.78, 5) is 21.7. The molecule has 21 heavy (non-hydrogen) atoms. The summed E-state index contributed by atoms with van der Waals surface area (Å²) >= 11 is 0. The Kier molecular flexibility index (Phi) is 4.18. The second kappa shape index (κ2) is 6.04. The molecule has 0 saturated heterocycles. The first-order chi connectivity index (χ1) is 9.99. The second-order valence-electron chi connectivity index (χ2n) is 4.42. The third-order valence-corrected chi connectivity index (χ3v) is 2.89. The van der Waals surface area contributed by atoms with Gasteiger partial charge in [0.05, 0.1) is 10.5 Å². The van der Waals surface area contributed by atoms with E-state index < -0.39 is 10.7 Å². The highest BCUT2D eigenvalue weighted by Crippen LogP contribution is 2.34. The Balaban J connectivity index is 2.32. The van der Waals surface area contributed by atoms with Crippen molar-refractivity contribution in [2.24, 2.45) is 0 Å². The minimum atomic E-state index is -0.647. The normalized spacial score (nSPS) is 10.1. The van der Waals surface area contributed by atoms with E-state index in [1.54, 1.807) is 0 Å². The van der Waals surface area contributed by atoms with Gasteiger partial charge < -0.3 is 9.84 Å². The van der Waals surface area contributed by atoms with Crippen LogP contribution in [0.3, 0.4) is 0 Å². The Morgan fingerprint density at radius 3 is 2.52 bits per heavy atom. The molecule has 0 radical (unpaired) electrons. The zero-order valence-electron chi connectivity index (χ0n) is 11.3. The largest absolute Gasteiger partial charge is 0.507 e. The van der Waals surface area contributed by atoms with Gasteiger partial charge >= 0.3 is 5.69 Å². The number of phenolic OH excluding ortho intramolecular Hbond substituents is 1. The summed E-state index contributed by atoms with van der Waals surface area (Å²) in [6, 6.07) is 11.2. The van der Waals surface area contributed by atoms with Crippen molar-refractivity contribution < 1.29 is 19.6 Å². The molecular formula is C15H13NO5. The third-order valence-electron chi connectivity index (χ3n) is 2.89. The lowest BCUT2D eigenvalue weighted by atomic mass is 10.1. The molecule has 0 bridgehead atoms. The summed E-state index contributed by atoms with van der Waals surface area (Å²) < 4.78 is 5.39. The van der Waals surface area contributed by atoms with E-state index in [1.807, 2.05) is 30.3 Å². The van der Waals surface area contributed by atoms with E-state index in [4.69, 9.17) is 4.74 Å². The van der Waals surface area contributed by atoms with Crippen LogP contribution >= 0.6 is 0 Å². The highest BCUT2D eigenvalue weighted by molar-refractivity contribution is 5.97. The van der Waals surface area contributed by atoms with Gasteiger partial charge in [-0.1, -0.05) is 30.3 Å². The van der Waals surface area contributed by atoms with Gasteiger partial charge in [-0.15, -0.1) is 0 Å². The van der Waals surface area contributed by atoms with Crippen LogP contribution in [-0.2, 0) is 6.61 Å². The van der Waals surface area contributed by atoms with Crippen molar-refractivity contribution in [3.63, 3.8) is 0 Å². The van der Waals surface area contributed by atoms with Gasteiger partial charge in [0.25, 0.3) is 0 Å². The molecule has 0 aliphatic heterocycles. The van der Waals surface area contributed by atoms with Gasteiger partial charge in [-0.2, -0.15) is 0 Å². The number of Topliss-reactive ketones (excluding diaryl/α,β-unsaturated/α-hetero) is 1. The fourth-order valence-corrected chi connectivity index (χ4v) is 1.83. The zero-order valence-corrected chi connectivity index (χ0v) is 11.3. The van der Waals surface area contributed by atoms with Crippen LogP contribution in [-0.4, -0.2) is 15.8 Å². The average Bonchev–Trinajstić information content (AvgIpc) is 2.45. The molecule has 0 atom stereocenters. The molecule has 0 aliphatic carbocycles. The first-order valence-corrected chi connectivity index (χ1v) is 6.18. The zero-order chi connectivity index (χ0) is 15.4. The van der Waals surface area contributed by atoms with Gasteiger partial charge in [0.2, 0.25) is 5.75 Å². The van der Waals surface area contributed by atoms with Crippen LogP contribution in [0, 0.1) is 10.1 Å². The number of benzene rings is 2. The fraction of sp³-hybridized carbons (Fsp3) is 0.133. The molecule has 6 heteroatoms. The third kappa shape index (κ3) is 3.36. The monoisotopic (exact) mass is 287 g/mol. The van der Waals surface area contributed by atoms with E-state index in [0.29, 0.717) is 0 Å². The quantitative estimate of drug-likeness (QED) is 0.518. The van der Waals surface area contributed by atoms with Crippen molar-refractivity contribution in [3.8, 4) is 11.5 Å². The Bertz CT molecular complexity index is 682. The standard InChI is InChI=1S/C15H13NO5/c1-10(17)12-7-13(16(19)20)15(8-14(12)18)21-9-11-5-3-2-4-6-11/h2-8,18H,9H2,1H3. The lowest BCUT2D eigenvalue weighted by Crippen LogP contribution is -2.02. The van der Waals surface area contributed by atoms with E-state index in [-0.39, 0.29) is 29.4 Å². The maximum Gasteiger partial charge on any atom is 0.311 e. The molecule has 0 unspecified atom stereocenters. The number of hydrogen-bond donors (Lipinski definition) is 1. The summed E-state index contributed by atoms with van der Waals surface area (Å²) in [5, 5.41) is 20.8. The van der Waals surface area contributed by atoms with Crippen molar-refractivity contribution in [1.82, 2.24) is 0 Å². The Hall–Kier alpha value is -2.89. The molecule has 2 rings (SSSR count). The van der Waals surface area contributed by atoms with Crippen LogP contribution in [0.5, 0.6) is 11.5 Å². The molecule has 0 aliphatic rings. The predicted octanol–water partition coefficient (Wildman–Crippen LogP) is 3.08. The molecule has 0 aromatic heterocycles. The molecule has 2 aromatic rings. The Morgan fingerprint density at radius 2 is 1.95 bits per heavy atom. The summed E-state index contributed by atoms with van der Waals surface area (Å²) in [6.07, 6.45) is 0. The van der Waals surface area contributed by atoms with Crippen molar-refractivity contribution in [2.75, 3.05) is 0 Å². The number of aromatic hydroxyl groups is 1. The Labute approximate surface area is 120 Å². The van der Waals surface area contributed by atoms with Crippen LogP contribution in [0.25, 0.3) is 0 Å². The molecule has 108 valence electrons. The van der Waals surface area contributed by atoms with Crippen LogP contribution in [0.4, 0.5) is 5.69 Å². The molecule has 2 aromatic carbocycles. The lowest BCUT2D eigenvalue weighted by Gasteiger charge is -2.09. The van der Waals surface area contributed by atoms with Crippen molar-refractivity contribution in [1.29, 1.82) is 0 Å². The predicted molar refractivity (Wildman–Crippen MR) is 75.5 cm³/mol. The topological polar surface area (TPSA) is 89.7 Å². The second-order valence-corrected chi connectivity index (χ2v) is 4.42. The number of hydrogen-bond acceptors (Lipinski definition) is 5. The number of nitro benzene ring substituents is 1. The number of carbonyl (C=O) groups excluding carboxylic acids is 1. The summed E-state index contributed by atoms with van der Waals surface area (Å²) in [6.45, 7) is 1.35. The molecule has 0 saturated carbocycles. The first kappa shape index (κ1) is 14.5. The van der Waals surface area contributed by atoms with Gasteiger partial charge in [-0.05, 0) is 12.5 Å². The first-order valence-electron chi connectivity index (χ1n) is 6.18. The number of phenols is 1. The molecule has 0 heterocycles. The van der Waals surface area contributed by atoms with Crippen LogP contribution in [0.15, 0.2) is 42.5 Å². The van der Waals surface area contributed by atoms with Gasteiger partial charge in [0, 0.05) is 12.1 Å². The summed E-state index contributed by atoms with van der Waals surface area (Å²) in [5.74, 6) is -0.868. The molecular weight excluding hydrogens is 274 g/mol. The fourth-order valence-electron chi connectivity index (χ4n) is 1.83. The Morgan fingerprint density at radius 1 is 1.29 bits per heavy atom. The number of nitrogens with zero attached hydrogens (tertiary/aromatic N) is 1. The number of ketones is 1. The van der Waals surface area contributed by atoms with E-state index in [2.05, 4.69) is 0 Å². The van der Waals surface area contributed by atoms with Crippen molar-refractivity contribution >= 4 is 11.5 Å².